The molecular weight excluding hydrogens is 362 g/mol. The van der Waals surface area contributed by atoms with Crippen LogP contribution in [0.2, 0.25) is 0 Å². The minimum absolute atomic E-state index is 0.411. The fourth-order valence-electron chi connectivity index (χ4n) is 2.42. The Bertz CT molecular complexity index is 762. The standard InChI is InChI=1S/C21H25NO4S/c1-24-19-11-10-16(14-20(19)25-2)18(15-21(23)26-3)22-12-7-13-27-17-8-5-4-6-9-17/h4-6,8-11,14-15,22H,7,12-13H2,1-3H3/b18-15+. The van der Waals surface area contributed by atoms with E-state index in [4.69, 9.17) is 14.2 Å². The van der Waals surface area contributed by atoms with Gasteiger partial charge in [-0.15, -0.1) is 11.8 Å². The molecule has 0 atom stereocenters. The molecule has 0 aromatic heterocycles. The summed E-state index contributed by atoms with van der Waals surface area (Å²) in [6.45, 7) is 0.733. The van der Waals surface area contributed by atoms with Crippen LogP contribution in [0.3, 0.4) is 0 Å². The van der Waals surface area contributed by atoms with Crippen molar-refractivity contribution in [3.05, 3.63) is 60.2 Å². The van der Waals surface area contributed by atoms with Crippen molar-refractivity contribution < 1.29 is 19.0 Å². The van der Waals surface area contributed by atoms with Gasteiger partial charge in [-0.3, -0.25) is 0 Å². The van der Waals surface area contributed by atoms with Gasteiger partial charge >= 0.3 is 5.97 Å². The normalized spacial score (nSPS) is 11.0. The average Bonchev–Trinajstić information content (AvgIpc) is 2.72. The third-order valence-electron chi connectivity index (χ3n) is 3.81. The molecular formula is C21H25NO4S. The molecule has 0 aliphatic rings. The van der Waals surface area contributed by atoms with E-state index in [0.717, 1.165) is 24.3 Å². The quantitative estimate of drug-likeness (QED) is 0.288. The summed E-state index contributed by atoms with van der Waals surface area (Å²) < 4.78 is 15.4. The molecule has 2 aromatic carbocycles. The molecule has 144 valence electrons. The number of carbonyl (C=O) groups is 1. The van der Waals surface area contributed by atoms with E-state index >= 15 is 0 Å². The highest BCUT2D eigenvalue weighted by atomic mass is 32.2. The zero-order valence-electron chi connectivity index (χ0n) is 15.9. The van der Waals surface area contributed by atoms with E-state index in [0.29, 0.717) is 17.2 Å². The predicted octanol–water partition coefficient (Wildman–Crippen LogP) is 3.99. The van der Waals surface area contributed by atoms with E-state index in [9.17, 15) is 4.79 Å². The molecule has 0 aliphatic carbocycles. The van der Waals surface area contributed by atoms with E-state index in [1.54, 1.807) is 14.2 Å². The van der Waals surface area contributed by atoms with Crippen LogP contribution in [0.25, 0.3) is 5.70 Å². The first-order valence-electron chi connectivity index (χ1n) is 8.61. The molecule has 0 amide bonds. The molecule has 0 aliphatic heterocycles. The number of ether oxygens (including phenoxy) is 3. The van der Waals surface area contributed by atoms with Crippen molar-refractivity contribution in [2.24, 2.45) is 0 Å². The molecule has 0 saturated heterocycles. The van der Waals surface area contributed by atoms with Gasteiger partial charge in [0.25, 0.3) is 0 Å². The van der Waals surface area contributed by atoms with Crippen LogP contribution in [-0.2, 0) is 9.53 Å². The van der Waals surface area contributed by atoms with Crippen molar-refractivity contribution in [2.75, 3.05) is 33.6 Å². The van der Waals surface area contributed by atoms with E-state index in [1.165, 1.54) is 18.1 Å². The minimum Gasteiger partial charge on any atom is -0.493 e. The molecule has 0 spiro atoms. The predicted molar refractivity (Wildman–Crippen MR) is 109 cm³/mol. The molecule has 0 bridgehead atoms. The Morgan fingerprint density at radius 2 is 1.78 bits per heavy atom. The number of hydrogen-bond acceptors (Lipinski definition) is 6. The van der Waals surface area contributed by atoms with Crippen LogP contribution in [0.15, 0.2) is 59.5 Å². The lowest BCUT2D eigenvalue weighted by Gasteiger charge is -2.14. The highest BCUT2D eigenvalue weighted by Crippen LogP contribution is 2.29. The zero-order valence-corrected chi connectivity index (χ0v) is 16.7. The van der Waals surface area contributed by atoms with Crippen molar-refractivity contribution in [1.29, 1.82) is 0 Å². The molecule has 0 unspecified atom stereocenters. The number of thioether (sulfide) groups is 1. The summed E-state index contributed by atoms with van der Waals surface area (Å²) in [4.78, 5) is 13.0. The van der Waals surface area contributed by atoms with Crippen LogP contribution in [-0.4, -0.2) is 39.6 Å². The van der Waals surface area contributed by atoms with Gasteiger partial charge in [0, 0.05) is 28.8 Å². The summed E-state index contributed by atoms with van der Waals surface area (Å²) in [5.41, 5.74) is 1.52. The molecule has 0 fully saturated rings. The second kappa shape index (κ2) is 11.2. The van der Waals surface area contributed by atoms with Crippen LogP contribution < -0.4 is 14.8 Å². The number of rotatable bonds is 10. The summed E-state index contributed by atoms with van der Waals surface area (Å²) in [6.07, 6.45) is 2.40. The number of benzene rings is 2. The van der Waals surface area contributed by atoms with Gasteiger partial charge in [-0.25, -0.2) is 4.79 Å². The SMILES string of the molecule is COC(=O)/C=C(/NCCCSc1ccccc1)c1ccc(OC)c(OC)c1. The van der Waals surface area contributed by atoms with Gasteiger partial charge in [-0.1, -0.05) is 18.2 Å². The van der Waals surface area contributed by atoms with E-state index < -0.39 is 5.97 Å². The van der Waals surface area contributed by atoms with Crippen molar-refractivity contribution >= 4 is 23.4 Å². The van der Waals surface area contributed by atoms with Gasteiger partial charge in [0.2, 0.25) is 0 Å². The van der Waals surface area contributed by atoms with Gasteiger partial charge in [-0.05, 0) is 42.5 Å². The summed E-state index contributed by atoms with van der Waals surface area (Å²) >= 11 is 1.81. The Kier molecular flexibility index (Phi) is 8.58. The molecule has 0 saturated carbocycles. The smallest absolute Gasteiger partial charge is 0.332 e. The maximum absolute atomic E-state index is 11.7. The highest BCUT2D eigenvalue weighted by molar-refractivity contribution is 7.99. The third-order valence-corrected chi connectivity index (χ3v) is 4.90. The molecule has 0 heterocycles. The van der Waals surface area contributed by atoms with Crippen LogP contribution in [0.4, 0.5) is 0 Å². The Labute approximate surface area is 164 Å². The molecule has 27 heavy (non-hydrogen) atoms. The summed E-state index contributed by atoms with van der Waals surface area (Å²) in [5.74, 6) is 1.81. The number of esters is 1. The van der Waals surface area contributed by atoms with Crippen molar-refractivity contribution in [2.45, 2.75) is 11.3 Å². The lowest BCUT2D eigenvalue weighted by Crippen LogP contribution is -2.16. The number of methoxy groups -OCH3 is 3. The Hall–Kier alpha value is -2.60. The number of carbonyl (C=O) groups excluding carboxylic acids is 1. The van der Waals surface area contributed by atoms with E-state index in [-0.39, 0.29) is 0 Å². The second-order valence-electron chi connectivity index (χ2n) is 5.59. The molecule has 2 aromatic rings. The number of nitrogens with one attached hydrogen (secondary N) is 1. The van der Waals surface area contributed by atoms with Crippen molar-refractivity contribution in [3.8, 4) is 11.5 Å². The molecule has 2 rings (SSSR count). The highest BCUT2D eigenvalue weighted by Gasteiger charge is 2.10. The van der Waals surface area contributed by atoms with Gasteiger partial charge in [0.05, 0.1) is 21.3 Å². The van der Waals surface area contributed by atoms with Crippen LogP contribution in [0, 0.1) is 0 Å². The average molecular weight is 388 g/mol. The summed E-state index contributed by atoms with van der Waals surface area (Å²) in [5, 5.41) is 3.33. The van der Waals surface area contributed by atoms with E-state index in [1.807, 2.05) is 48.2 Å². The first-order valence-corrected chi connectivity index (χ1v) is 9.60. The first kappa shape index (κ1) is 20.7. The minimum atomic E-state index is -0.411. The Balaban J connectivity index is 2.00. The molecule has 6 heteroatoms. The van der Waals surface area contributed by atoms with Crippen LogP contribution in [0.1, 0.15) is 12.0 Å². The van der Waals surface area contributed by atoms with Crippen molar-refractivity contribution in [1.82, 2.24) is 5.32 Å². The maximum Gasteiger partial charge on any atom is 0.332 e. The fraction of sp³-hybridized carbons (Fsp3) is 0.286. The summed E-state index contributed by atoms with van der Waals surface area (Å²) in [6, 6.07) is 15.8. The van der Waals surface area contributed by atoms with Gasteiger partial charge in [0.15, 0.2) is 11.5 Å². The monoisotopic (exact) mass is 387 g/mol. The Morgan fingerprint density at radius 3 is 2.44 bits per heavy atom. The fourth-order valence-corrected chi connectivity index (χ4v) is 3.29. The molecule has 0 radical (unpaired) electrons. The molecule has 5 nitrogen and oxygen atoms in total. The first-order chi connectivity index (χ1) is 13.2. The van der Waals surface area contributed by atoms with Crippen LogP contribution in [0.5, 0.6) is 11.5 Å². The largest absolute Gasteiger partial charge is 0.493 e. The van der Waals surface area contributed by atoms with Crippen LogP contribution >= 0.6 is 11.8 Å². The van der Waals surface area contributed by atoms with Crippen molar-refractivity contribution in [3.63, 3.8) is 0 Å². The lowest BCUT2D eigenvalue weighted by atomic mass is 10.1. The maximum atomic E-state index is 11.7. The van der Waals surface area contributed by atoms with Gasteiger partial charge in [0.1, 0.15) is 0 Å². The third kappa shape index (κ3) is 6.57. The van der Waals surface area contributed by atoms with E-state index in [2.05, 4.69) is 17.4 Å². The zero-order chi connectivity index (χ0) is 19.5. The number of hydrogen-bond donors (Lipinski definition) is 1. The van der Waals surface area contributed by atoms with Gasteiger partial charge < -0.3 is 19.5 Å². The van der Waals surface area contributed by atoms with Gasteiger partial charge in [-0.2, -0.15) is 0 Å². The second-order valence-corrected chi connectivity index (χ2v) is 6.76. The Morgan fingerprint density at radius 1 is 1.04 bits per heavy atom. The lowest BCUT2D eigenvalue weighted by molar-refractivity contribution is -0.134. The molecule has 1 N–H and O–H groups in total. The summed E-state index contributed by atoms with van der Waals surface area (Å²) in [7, 11) is 4.53. The topological polar surface area (TPSA) is 56.8 Å².